The summed E-state index contributed by atoms with van der Waals surface area (Å²) >= 11 is 0. The van der Waals surface area contributed by atoms with E-state index in [1.165, 1.54) is 6.07 Å². The van der Waals surface area contributed by atoms with Gasteiger partial charge in [0.15, 0.2) is 11.6 Å². The molecule has 23 heavy (non-hydrogen) atoms. The van der Waals surface area contributed by atoms with E-state index in [2.05, 4.69) is 0 Å². The first-order chi connectivity index (χ1) is 11.3. The van der Waals surface area contributed by atoms with Crippen LogP contribution < -0.4 is 14.2 Å². The molecule has 124 valence electrons. The number of ether oxygens (including phenoxy) is 4. The van der Waals surface area contributed by atoms with Crippen molar-refractivity contribution in [1.82, 2.24) is 0 Å². The third kappa shape index (κ3) is 6.16. The summed E-state index contributed by atoms with van der Waals surface area (Å²) in [6.07, 6.45) is 0. The summed E-state index contributed by atoms with van der Waals surface area (Å²) in [6, 6.07) is 13.7. The Balaban J connectivity index is 1.55. The summed E-state index contributed by atoms with van der Waals surface area (Å²) in [4.78, 5) is 0. The van der Waals surface area contributed by atoms with Gasteiger partial charge in [0, 0.05) is 0 Å². The highest BCUT2D eigenvalue weighted by Gasteiger charge is 2.01. The van der Waals surface area contributed by atoms with Crippen LogP contribution in [0.2, 0.25) is 0 Å². The van der Waals surface area contributed by atoms with Gasteiger partial charge in [0.25, 0.3) is 0 Å². The average molecular weight is 320 g/mol. The fourth-order valence-electron chi connectivity index (χ4n) is 1.89. The Hall–Kier alpha value is -2.27. The van der Waals surface area contributed by atoms with Gasteiger partial charge in [-0.1, -0.05) is 12.1 Å². The first-order valence-electron chi connectivity index (χ1n) is 7.60. The number of halogens is 1. The monoisotopic (exact) mass is 320 g/mol. The topological polar surface area (TPSA) is 36.9 Å². The SMILES string of the molecule is CCOc1ccc(OCCOCCOc2ccccc2F)cc1. The molecule has 0 amide bonds. The van der Waals surface area contributed by atoms with Crippen molar-refractivity contribution in [3.63, 3.8) is 0 Å². The van der Waals surface area contributed by atoms with Crippen LogP contribution in [-0.2, 0) is 4.74 Å². The van der Waals surface area contributed by atoms with Crippen molar-refractivity contribution in [2.45, 2.75) is 6.92 Å². The summed E-state index contributed by atoms with van der Waals surface area (Å²) in [5, 5.41) is 0. The van der Waals surface area contributed by atoms with Gasteiger partial charge in [-0.25, -0.2) is 4.39 Å². The van der Waals surface area contributed by atoms with E-state index in [0.29, 0.717) is 33.0 Å². The van der Waals surface area contributed by atoms with Gasteiger partial charge in [-0.05, 0) is 43.3 Å². The largest absolute Gasteiger partial charge is 0.494 e. The van der Waals surface area contributed by atoms with E-state index in [1.54, 1.807) is 18.2 Å². The van der Waals surface area contributed by atoms with E-state index in [9.17, 15) is 4.39 Å². The molecule has 0 spiro atoms. The van der Waals surface area contributed by atoms with Crippen LogP contribution in [0, 0.1) is 5.82 Å². The Bertz CT molecular complexity index is 571. The van der Waals surface area contributed by atoms with Gasteiger partial charge >= 0.3 is 0 Å². The first kappa shape index (κ1) is 17.1. The Morgan fingerprint density at radius 3 is 2.00 bits per heavy atom. The summed E-state index contributed by atoms with van der Waals surface area (Å²) in [6.45, 7) is 4.13. The van der Waals surface area contributed by atoms with Crippen molar-refractivity contribution in [3.05, 3.63) is 54.3 Å². The third-order valence-corrected chi connectivity index (χ3v) is 2.95. The minimum absolute atomic E-state index is 0.238. The molecule has 0 atom stereocenters. The van der Waals surface area contributed by atoms with Gasteiger partial charge < -0.3 is 18.9 Å². The number of rotatable bonds is 10. The molecular weight excluding hydrogens is 299 g/mol. The molecular formula is C18H21FO4. The standard InChI is InChI=1S/C18H21FO4/c1-2-21-15-7-9-16(10-8-15)22-13-11-20-12-14-23-18-6-4-3-5-17(18)19/h3-10H,2,11-14H2,1H3. The van der Waals surface area contributed by atoms with Crippen molar-refractivity contribution >= 4 is 0 Å². The van der Waals surface area contributed by atoms with Gasteiger partial charge in [0.1, 0.15) is 24.7 Å². The summed E-state index contributed by atoms with van der Waals surface area (Å²) < 4.78 is 34.9. The van der Waals surface area contributed by atoms with Crippen molar-refractivity contribution in [2.75, 3.05) is 33.0 Å². The van der Waals surface area contributed by atoms with Crippen LogP contribution in [0.15, 0.2) is 48.5 Å². The molecule has 0 aromatic heterocycles. The Kier molecular flexibility index (Phi) is 7.20. The molecule has 0 radical (unpaired) electrons. The predicted molar refractivity (Wildman–Crippen MR) is 85.8 cm³/mol. The Labute approximate surface area is 135 Å². The molecule has 2 aromatic rings. The summed E-state index contributed by atoms with van der Waals surface area (Å²) in [7, 11) is 0. The lowest BCUT2D eigenvalue weighted by Crippen LogP contribution is -2.12. The summed E-state index contributed by atoms with van der Waals surface area (Å²) in [5.74, 6) is 1.45. The van der Waals surface area contributed by atoms with E-state index in [-0.39, 0.29) is 11.6 Å². The molecule has 0 saturated heterocycles. The maximum absolute atomic E-state index is 13.3. The highest BCUT2D eigenvalue weighted by Crippen LogP contribution is 2.17. The van der Waals surface area contributed by atoms with Crippen molar-refractivity contribution in [3.8, 4) is 17.2 Å². The average Bonchev–Trinajstić information content (AvgIpc) is 2.57. The fraction of sp³-hybridized carbons (Fsp3) is 0.333. The second-order valence-electron chi connectivity index (χ2n) is 4.64. The Morgan fingerprint density at radius 1 is 0.739 bits per heavy atom. The van der Waals surface area contributed by atoms with Crippen LogP contribution in [0.1, 0.15) is 6.92 Å². The second-order valence-corrected chi connectivity index (χ2v) is 4.64. The molecule has 2 aromatic carbocycles. The van der Waals surface area contributed by atoms with Crippen molar-refractivity contribution in [2.24, 2.45) is 0 Å². The van der Waals surface area contributed by atoms with Crippen molar-refractivity contribution < 1.29 is 23.3 Å². The molecule has 0 aliphatic carbocycles. The normalized spacial score (nSPS) is 10.3. The van der Waals surface area contributed by atoms with Gasteiger partial charge in [0.2, 0.25) is 0 Å². The molecule has 0 fully saturated rings. The van der Waals surface area contributed by atoms with E-state index < -0.39 is 0 Å². The Morgan fingerprint density at radius 2 is 1.35 bits per heavy atom. The molecule has 0 saturated carbocycles. The second kappa shape index (κ2) is 9.69. The fourth-order valence-corrected chi connectivity index (χ4v) is 1.89. The third-order valence-electron chi connectivity index (χ3n) is 2.95. The molecule has 0 bridgehead atoms. The van der Waals surface area contributed by atoms with E-state index in [4.69, 9.17) is 18.9 Å². The summed E-state index contributed by atoms with van der Waals surface area (Å²) in [5.41, 5.74) is 0. The zero-order chi connectivity index (χ0) is 16.3. The smallest absolute Gasteiger partial charge is 0.165 e. The molecule has 0 N–H and O–H groups in total. The van der Waals surface area contributed by atoms with Gasteiger partial charge in [-0.15, -0.1) is 0 Å². The highest BCUT2D eigenvalue weighted by molar-refractivity contribution is 5.31. The van der Waals surface area contributed by atoms with E-state index >= 15 is 0 Å². The predicted octanol–water partition coefficient (Wildman–Crippen LogP) is 3.70. The van der Waals surface area contributed by atoms with E-state index in [0.717, 1.165) is 11.5 Å². The minimum Gasteiger partial charge on any atom is -0.494 e. The van der Waals surface area contributed by atoms with Gasteiger partial charge in [0.05, 0.1) is 19.8 Å². The molecule has 4 nitrogen and oxygen atoms in total. The molecule has 5 heteroatoms. The number of hydrogen-bond donors (Lipinski definition) is 0. The van der Waals surface area contributed by atoms with Crippen LogP contribution in [0.4, 0.5) is 4.39 Å². The minimum atomic E-state index is -0.369. The lowest BCUT2D eigenvalue weighted by molar-refractivity contribution is 0.0754. The van der Waals surface area contributed by atoms with Crippen LogP contribution in [-0.4, -0.2) is 33.0 Å². The molecule has 2 rings (SSSR count). The number of para-hydroxylation sites is 1. The van der Waals surface area contributed by atoms with Crippen LogP contribution in [0.5, 0.6) is 17.2 Å². The van der Waals surface area contributed by atoms with E-state index in [1.807, 2.05) is 31.2 Å². The zero-order valence-corrected chi connectivity index (χ0v) is 13.2. The molecule has 0 heterocycles. The van der Waals surface area contributed by atoms with Crippen LogP contribution >= 0.6 is 0 Å². The quantitative estimate of drug-likeness (QED) is 0.626. The van der Waals surface area contributed by atoms with Crippen molar-refractivity contribution in [1.29, 1.82) is 0 Å². The molecule has 0 aliphatic heterocycles. The number of hydrogen-bond acceptors (Lipinski definition) is 4. The molecule has 0 aliphatic rings. The lowest BCUT2D eigenvalue weighted by atomic mass is 10.3. The molecule has 0 unspecified atom stereocenters. The maximum atomic E-state index is 13.3. The maximum Gasteiger partial charge on any atom is 0.165 e. The number of benzene rings is 2. The van der Waals surface area contributed by atoms with Gasteiger partial charge in [-0.3, -0.25) is 0 Å². The highest BCUT2D eigenvalue weighted by atomic mass is 19.1. The van der Waals surface area contributed by atoms with Crippen LogP contribution in [0.25, 0.3) is 0 Å². The zero-order valence-electron chi connectivity index (χ0n) is 13.2. The van der Waals surface area contributed by atoms with Crippen LogP contribution in [0.3, 0.4) is 0 Å². The first-order valence-corrected chi connectivity index (χ1v) is 7.60. The lowest BCUT2D eigenvalue weighted by Gasteiger charge is -2.09. The van der Waals surface area contributed by atoms with Gasteiger partial charge in [-0.2, -0.15) is 0 Å².